The second-order valence-electron chi connectivity index (χ2n) is 6.36. The highest BCUT2D eigenvalue weighted by atomic mass is 35.5. The predicted molar refractivity (Wildman–Crippen MR) is 112 cm³/mol. The van der Waals surface area contributed by atoms with Crippen molar-refractivity contribution in [2.75, 3.05) is 7.11 Å². The summed E-state index contributed by atoms with van der Waals surface area (Å²) in [6, 6.07) is 19.8. The summed E-state index contributed by atoms with van der Waals surface area (Å²) in [5.74, 6) is 1.12. The molecular weight excluding hydrogens is 358 g/mol. The van der Waals surface area contributed by atoms with Crippen LogP contribution < -0.4 is 9.47 Å². The lowest BCUT2D eigenvalue weighted by atomic mass is 10.1. The van der Waals surface area contributed by atoms with Crippen molar-refractivity contribution in [1.82, 2.24) is 0 Å². The number of hydrogen-bond donors (Lipinski definition) is 0. The maximum Gasteiger partial charge on any atom is 0.180 e. The zero-order chi connectivity index (χ0) is 19.2. The molecule has 0 radical (unpaired) electrons. The van der Waals surface area contributed by atoms with Gasteiger partial charge in [-0.05, 0) is 48.7 Å². The van der Waals surface area contributed by atoms with Crippen LogP contribution in [0.15, 0.2) is 65.7 Å². The minimum Gasteiger partial charge on any atom is -0.493 e. The van der Waals surface area contributed by atoms with E-state index in [9.17, 15) is 0 Å². The fraction of sp³-hybridized carbons (Fsp3) is 0.174. The van der Waals surface area contributed by atoms with E-state index in [0.29, 0.717) is 23.1 Å². The Hall–Kier alpha value is -2.78. The third-order valence-corrected chi connectivity index (χ3v) is 4.46. The molecule has 0 aliphatic carbocycles. The zero-order valence-electron chi connectivity index (χ0n) is 15.7. The summed E-state index contributed by atoms with van der Waals surface area (Å²) in [6.45, 7) is 4.54. The van der Waals surface area contributed by atoms with Crippen molar-refractivity contribution in [2.45, 2.75) is 20.5 Å². The van der Waals surface area contributed by atoms with Crippen LogP contribution in [0.2, 0.25) is 5.02 Å². The lowest BCUT2D eigenvalue weighted by molar-refractivity contribution is 0.284. The molecule has 0 spiro atoms. The Morgan fingerprint density at radius 1 is 1.00 bits per heavy atom. The quantitative estimate of drug-likeness (QED) is 0.471. The first-order valence-electron chi connectivity index (χ1n) is 8.72. The van der Waals surface area contributed by atoms with E-state index < -0.39 is 0 Å². The van der Waals surface area contributed by atoms with Crippen molar-refractivity contribution < 1.29 is 9.47 Å². The molecular formula is C23H22ClNO2. The number of hydrogen-bond acceptors (Lipinski definition) is 3. The standard InChI is InChI=1S/C23H22ClNO2/c1-16-9-10-21(17(2)11-16)25-14-19-12-20(24)23(22(13-19)26-3)27-15-18-7-5-4-6-8-18/h4-14H,15H2,1-3H3. The average molecular weight is 380 g/mol. The molecule has 138 valence electrons. The van der Waals surface area contributed by atoms with Crippen molar-refractivity contribution >= 4 is 23.5 Å². The molecule has 27 heavy (non-hydrogen) atoms. The number of nitrogens with zero attached hydrogens (tertiary/aromatic N) is 1. The third-order valence-electron chi connectivity index (χ3n) is 4.18. The largest absolute Gasteiger partial charge is 0.493 e. The van der Waals surface area contributed by atoms with E-state index in [1.54, 1.807) is 13.3 Å². The van der Waals surface area contributed by atoms with Crippen LogP contribution in [0.4, 0.5) is 5.69 Å². The van der Waals surface area contributed by atoms with E-state index >= 15 is 0 Å². The van der Waals surface area contributed by atoms with E-state index in [-0.39, 0.29) is 0 Å². The normalized spacial score (nSPS) is 11.0. The Morgan fingerprint density at radius 3 is 2.48 bits per heavy atom. The van der Waals surface area contributed by atoms with Crippen LogP contribution in [0, 0.1) is 13.8 Å². The number of ether oxygens (including phenoxy) is 2. The molecule has 0 fully saturated rings. The van der Waals surface area contributed by atoms with Gasteiger partial charge in [0.05, 0.1) is 17.8 Å². The average Bonchev–Trinajstić information content (AvgIpc) is 2.67. The molecule has 0 N–H and O–H groups in total. The van der Waals surface area contributed by atoms with Gasteiger partial charge in [-0.2, -0.15) is 0 Å². The summed E-state index contributed by atoms with van der Waals surface area (Å²) in [6.07, 6.45) is 1.78. The van der Waals surface area contributed by atoms with E-state index in [0.717, 1.165) is 22.4 Å². The van der Waals surface area contributed by atoms with Crippen LogP contribution in [0.25, 0.3) is 0 Å². The molecule has 0 saturated heterocycles. The Morgan fingerprint density at radius 2 is 1.78 bits per heavy atom. The fourth-order valence-corrected chi connectivity index (χ4v) is 3.05. The minimum absolute atomic E-state index is 0.424. The number of aliphatic imine (C=N–C) groups is 1. The SMILES string of the molecule is COc1cc(C=Nc2ccc(C)cc2C)cc(Cl)c1OCc1ccccc1. The molecule has 3 nitrogen and oxygen atoms in total. The first-order chi connectivity index (χ1) is 13.1. The molecule has 0 unspecified atom stereocenters. The second kappa shape index (κ2) is 8.74. The monoisotopic (exact) mass is 379 g/mol. The molecule has 3 rings (SSSR count). The maximum absolute atomic E-state index is 6.45. The molecule has 0 aliphatic rings. The minimum atomic E-state index is 0.424. The van der Waals surface area contributed by atoms with Crippen molar-refractivity contribution in [2.24, 2.45) is 4.99 Å². The molecule has 0 aromatic heterocycles. The maximum atomic E-state index is 6.45. The molecule has 3 aromatic carbocycles. The molecule has 0 aliphatic heterocycles. The fourth-order valence-electron chi connectivity index (χ4n) is 2.78. The molecule has 0 heterocycles. The second-order valence-corrected chi connectivity index (χ2v) is 6.76. The third kappa shape index (κ3) is 4.89. The summed E-state index contributed by atoms with van der Waals surface area (Å²) < 4.78 is 11.4. The Balaban J connectivity index is 1.82. The van der Waals surface area contributed by atoms with Crippen molar-refractivity contribution in [3.63, 3.8) is 0 Å². The van der Waals surface area contributed by atoms with E-state index in [1.165, 1.54) is 5.56 Å². The Kier molecular flexibility index (Phi) is 6.15. The van der Waals surface area contributed by atoms with E-state index in [1.807, 2.05) is 61.5 Å². The van der Waals surface area contributed by atoms with Crippen molar-refractivity contribution in [1.29, 1.82) is 0 Å². The first-order valence-corrected chi connectivity index (χ1v) is 9.10. The van der Waals surface area contributed by atoms with Crippen LogP contribution in [0.5, 0.6) is 11.5 Å². The molecule has 4 heteroatoms. The highest BCUT2D eigenvalue weighted by Crippen LogP contribution is 2.36. The zero-order valence-corrected chi connectivity index (χ0v) is 16.5. The Bertz CT molecular complexity index is 952. The summed E-state index contributed by atoms with van der Waals surface area (Å²) in [5.41, 5.74) is 5.20. The van der Waals surface area contributed by atoms with Crippen LogP contribution in [0.1, 0.15) is 22.3 Å². The van der Waals surface area contributed by atoms with Gasteiger partial charge in [-0.15, -0.1) is 0 Å². The van der Waals surface area contributed by atoms with Crippen LogP contribution in [0.3, 0.4) is 0 Å². The number of benzene rings is 3. The van der Waals surface area contributed by atoms with Gasteiger partial charge in [0, 0.05) is 6.21 Å². The highest BCUT2D eigenvalue weighted by Gasteiger charge is 2.12. The molecule has 0 amide bonds. The molecule has 0 atom stereocenters. The van der Waals surface area contributed by atoms with Gasteiger partial charge in [-0.25, -0.2) is 0 Å². The highest BCUT2D eigenvalue weighted by molar-refractivity contribution is 6.32. The van der Waals surface area contributed by atoms with Gasteiger partial charge in [0.15, 0.2) is 11.5 Å². The topological polar surface area (TPSA) is 30.8 Å². The lowest BCUT2D eigenvalue weighted by Gasteiger charge is -2.13. The van der Waals surface area contributed by atoms with E-state index in [2.05, 4.69) is 18.0 Å². The van der Waals surface area contributed by atoms with Gasteiger partial charge in [-0.1, -0.05) is 59.6 Å². The number of halogens is 1. The van der Waals surface area contributed by atoms with Crippen LogP contribution in [-0.2, 0) is 6.61 Å². The smallest absolute Gasteiger partial charge is 0.180 e. The van der Waals surface area contributed by atoms with Crippen LogP contribution in [-0.4, -0.2) is 13.3 Å². The first kappa shape index (κ1) is 19.0. The van der Waals surface area contributed by atoms with Gasteiger partial charge >= 0.3 is 0 Å². The predicted octanol–water partition coefficient (Wildman–Crippen LogP) is 6.30. The lowest BCUT2D eigenvalue weighted by Crippen LogP contribution is -1.99. The van der Waals surface area contributed by atoms with Gasteiger partial charge in [0.1, 0.15) is 6.61 Å². The summed E-state index contributed by atoms with van der Waals surface area (Å²) >= 11 is 6.45. The molecule has 0 saturated carbocycles. The van der Waals surface area contributed by atoms with Crippen LogP contribution >= 0.6 is 11.6 Å². The van der Waals surface area contributed by atoms with Gasteiger partial charge in [0.2, 0.25) is 0 Å². The number of aryl methyl sites for hydroxylation is 2. The molecule has 3 aromatic rings. The van der Waals surface area contributed by atoms with Gasteiger partial charge < -0.3 is 9.47 Å². The van der Waals surface area contributed by atoms with Crippen molar-refractivity contribution in [3.8, 4) is 11.5 Å². The van der Waals surface area contributed by atoms with Gasteiger partial charge in [-0.3, -0.25) is 4.99 Å². The van der Waals surface area contributed by atoms with Crippen molar-refractivity contribution in [3.05, 3.63) is 87.9 Å². The summed E-state index contributed by atoms with van der Waals surface area (Å²) in [7, 11) is 1.60. The summed E-state index contributed by atoms with van der Waals surface area (Å²) in [5, 5.41) is 0.493. The number of methoxy groups -OCH3 is 1. The summed E-state index contributed by atoms with van der Waals surface area (Å²) in [4.78, 5) is 4.58. The molecule has 0 bridgehead atoms. The van der Waals surface area contributed by atoms with E-state index in [4.69, 9.17) is 21.1 Å². The number of rotatable bonds is 6. The van der Waals surface area contributed by atoms with Gasteiger partial charge in [0.25, 0.3) is 0 Å². The Labute approximate surface area is 165 Å².